The molecule has 0 aliphatic rings. The molecule has 0 saturated heterocycles. The van der Waals surface area contributed by atoms with Crippen LogP contribution in [0.1, 0.15) is 35.2 Å². The SMILES string of the molecule is COCCCCCNC(=O)c1ccc(C#CCN)c(Cl)c1. The zero-order valence-corrected chi connectivity index (χ0v) is 13.0. The number of methoxy groups -OCH3 is 1. The third-order valence-electron chi connectivity index (χ3n) is 2.87. The van der Waals surface area contributed by atoms with Gasteiger partial charge < -0.3 is 15.8 Å². The summed E-state index contributed by atoms with van der Waals surface area (Å²) in [4.78, 5) is 12.0. The third kappa shape index (κ3) is 6.63. The molecule has 0 unspecified atom stereocenters. The van der Waals surface area contributed by atoms with Crippen molar-refractivity contribution in [3.63, 3.8) is 0 Å². The van der Waals surface area contributed by atoms with E-state index in [2.05, 4.69) is 17.2 Å². The van der Waals surface area contributed by atoms with Crippen LogP contribution in [-0.2, 0) is 4.74 Å². The Hall–Kier alpha value is -1.54. The lowest BCUT2D eigenvalue weighted by Crippen LogP contribution is -2.24. The molecule has 0 aromatic heterocycles. The molecule has 1 aromatic carbocycles. The van der Waals surface area contributed by atoms with Crippen LogP contribution in [0.4, 0.5) is 0 Å². The van der Waals surface area contributed by atoms with Gasteiger partial charge >= 0.3 is 0 Å². The van der Waals surface area contributed by atoms with Crippen molar-refractivity contribution in [3.05, 3.63) is 34.3 Å². The lowest BCUT2D eigenvalue weighted by molar-refractivity contribution is 0.0952. The van der Waals surface area contributed by atoms with E-state index >= 15 is 0 Å². The van der Waals surface area contributed by atoms with Gasteiger partial charge in [-0.2, -0.15) is 0 Å². The predicted octanol–water partition coefficient (Wildman–Crippen LogP) is 2.20. The Labute approximate surface area is 131 Å². The fraction of sp³-hybridized carbons (Fsp3) is 0.438. The van der Waals surface area contributed by atoms with Crippen molar-refractivity contribution in [1.29, 1.82) is 0 Å². The molecule has 3 N–H and O–H groups in total. The molecule has 0 aliphatic carbocycles. The van der Waals surface area contributed by atoms with E-state index in [-0.39, 0.29) is 12.5 Å². The maximum absolute atomic E-state index is 12.0. The third-order valence-corrected chi connectivity index (χ3v) is 3.18. The fourth-order valence-corrected chi connectivity index (χ4v) is 1.98. The van der Waals surface area contributed by atoms with Crippen LogP contribution in [0.2, 0.25) is 5.02 Å². The first-order chi connectivity index (χ1) is 10.2. The number of hydrogen-bond donors (Lipinski definition) is 2. The second kappa shape index (κ2) is 10.2. The highest BCUT2D eigenvalue weighted by atomic mass is 35.5. The van der Waals surface area contributed by atoms with Crippen LogP contribution < -0.4 is 11.1 Å². The molecular formula is C16H21ClN2O2. The highest BCUT2D eigenvalue weighted by molar-refractivity contribution is 6.32. The molecule has 0 aliphatic heterocycles. The number of halogens is 1. The summed E-state index contributed by atoms with van der Waals surface area (Å²) < 4.78 is 4.97. The van der Waals surface area contributed by atoms with Crippen LogP contribution >= 0.6 is 11.6 Å². The Balaban J connectivity index is 2.46. The van der Waals surface area contributed by atoms with Gasteiger partial charge in [0.2, 0.25) is 0 Å². The quantitative estimate of drug-likeness (QED) is 0.599. The number of amides is 1. The Morgan fingerprint density at radius 3 is 2.86 bits per heavy atom. The van der Waals surface area contributed by atoms with E-state index in [0.717, 1.165) is 25.9 Å². The minimum absolute atomic E-state index is 0.123. The van der Waals surface area contributed by atoms with E-state index in [9.17, 15) is 4.79 Å². The van der Waals surface area contributed by atoms with Crippen LogP contribution in [0.5, 0.6) is 0 Å². The summed E-state index contributed by atoms with van der Waals surface area (Å²) in [7, 11) is 1.69. The maximum atomic E-state index is 12.0. The highest BCUT2D eigenvalue weighted by Gasteiger charge is 2.07. The summed E-state index contributed by atoms with van der Waals surface area (Å²) in [6.07, 6.45) is 2.97. The topological polar surface area (TPSA) is 64.3 Å². The van der Waals surface area contributed by atoms with Crippen molar-refractivity contribution in [3.8, 4) is 11.8 Å². The molecular weight excluding hydrogens is 288 g/mol. The van der Waals surface area contributed by atoms with Gasteiger partial charge in [0.05, 0.1) is 11.6 Å². The molecule has 0 spiro atoms. The van der Waals surface area contributed by atoms with Gasteiger partial charge in [0.15, 0.2) is 0 Å². The second-order valence-corrected chi connectivity index (χ2v) is 4.92. The van der Waals surface area contributed by atoms with Gasteiger partial charge in [-0.3, -0.25) is 4.79 Å². The maximum Gasteiger partial charge on any atom is 0.251 e. The first-order valence-electron chi connectivity index (χ1n) is 6.94. The molecule has 5 heteroatoms. The zero-order chi connectivity index (χ0) is 15.5. The standard InChI is InChI=1S/C16H21ClN2O2/c1-21-11-4-2-3-10-19-16(20)14-8-7-13(6-5-9-18)15(17)12-14/h7-8,12H,2-4,9-11,18H2,1H3,(H,19,20). The first kappa shape index (κ1) is 17.5. The van der Waals surface area contributed by atoms with E-state index in [1.165, 1.54) is 0 Å². The van der Waals surface area contributed by atoms with Gasteiger partial charge in [-0.25, -0.2) is 0 Å². The van der Waals surface area contributed by atoms with Gasteiger partial charge in [0.1, 0.15) is 0 Å². The predicted molar refractivity (Wildman–Crippen MR) is 85.4 cm³/mol. The highest BCUT2D eigenvalue weighted by Crippen LogP contribution is 2.17. The van der Waals surface area contributed by atoms with Gasteiger partial charge in [-0.1, -0.05) is 23.4 Å². The van der Waals surface area contributed by atoms with Gasteiger partial charge in [0.25, 0.3) is 5.91 Å². The molecule has 0 saturated carbocycles. The number of nitrogens with one attached hydrogen (secondary N) is 1. The molecule has 0 heterocycles. The molecule has 1 amide bonds. The zero-order valence-electron chi connectivity index (χ0n) is 12.2. The molecule has 21 heavy (non-hydrogen) atoms. The van der Waals surface area contributed by atoms with E-state index < -0.39 is 0 Å². The molecule has 114 valence electrons. The van der Waals surface area contributed by atoms with Gasteiger partial charge in [0, 0.05) is 31.4 Å². The number of carbonyl (C=O) groups is 1. The second-order valence-electron chi connectivity index (χ2n) is 4.51. The van der Waals surface area contributed by atoms with Gasteiger partial charge in [-0.15, -0.1) is 0 Å². The van der Waals surface area contributed by atoms with Crippen LogP contribution in [0.3, 0.4) is 0 Å². The number of hydrogen-bond acceptors (Lipinski definition) is 3. The smallest absolute Gasteiger partial charge is 0.251 e. The number of ether oxygens (including phenoxy) is 1. The largest absolute Gasteiger partial charge is 0.385 e. The normalized spacial score (nSPS) is 9.86. The summed E-state index contributed by atoms with van der Waals surface area (Å²) >= 11 is 6.09. The van der Waals surface area contributed by atoms with Crippen LogP contribution in [0.25, 0.3) is 0 Å². The van der Waals surface area contributed by atoms with Crippen molar-refractivity contribution in [2.75, 3.05) is 26.8 Å². The monoisotopic (exact) mass is 308 g/mol. The minimum Gasteiger partial charge on any atom is -0.385 e. The summed E-state index contributed by atoms with van der Waals surface area (Å²) in [6, 6.07) is 5.08. The number of nitrogens with two attached hydrogens (primary N) is 1. The summed E-state index contributed by atoms with van der Waals surface area (Å²) in [5.74, 6) is 5.47. The Kier molecular flexibility index (Phi) is 8.53. The Morgan fingerprint density at radius 2 is 2.19 bits per heavy atom. The number of unbranched alkanes of at least 4 members (excludes halogenated alkanes) is 2. The lowest BCUT2D eigenvalue weighted by atomic mass is 10.1. The van der Waals surface area contributed by atoms with Crippen LogP contribution in [0, 0.1) is 11.8 Å². The molecule has 0 radical (unpaired) electrons. The molecule has 1 rings (SSSR count). The average Bonchev–Trinajstić information content (AvgIpc) is 2.49. The molecule has 1 aromatic rings. The van der Waals surface area contributed by atoms with E-state index in [1.54, 1.807) is 25.3 Å². The van der Waals surface area contributed by atoms with Crippen molar-refractivity contribution in [1.82, 2.24) is 5.32 Å². The van der Waals surface area contributed by atoms with E-state index in [1.807, 2.05) is 0 Å². The van der Waals surface area contributed by atoms with Crippen molar-refractivity contribution < 1.29 is 9.53 Å². The lowest BCUT2D eigenvalue weighted by Gasteiger charge is -2.06. The number of carbonyl (C=O) groups excluding carboxylic acids is 1. The summed E-state index contributed by atoms with van der Waals surface area (Å²) in [6.45, 7) is 1.69. The molecule has 4 nitrogen and oxygen atoms in total. The van der Waals surface area contributed by atoms with Crippen molar-refractivity contribution >= 4 is 17.5 Å². The number of rotatable bonds is 7. The molecule has 0 bridgehead atoms. The van der Waals surface area contributed by atoms with E-state index in [0.29, 0.717) is 22.7 Å². The Morgan fingerprint density at radius 1 is 1.38 bits per heavy atom. The summed E-state index contributed by atoms with van der Waals surface area (Å²) in [5.41, 5.74) is 6.53. The molecule has 0 atom stereocenters. The van der Waals surface area contributed by atoms with E-state index in [4.69, 9.17) is 22.1 Å². The number of benzene rings is 1. The minimum atomic E-state index is -0.123. The molecule has 0 fully saturated rings. The summed E-state index contributed by atoms with van der Waals surface area (Å²) in [5, 5.41) is 3.33. The van der Waals surface area contributed by atoms with Crippen molar-refractivity contribution in [2.45, 2.75) is 19.3 Å². The first-order valence-corrected chi connectivity index (χ1v) is 7.32. The average molecular weight is 309 g/mol. The Bertz CT molecular complexity index is 521. The fourth-order valence-electron chi connectivity index (χ4n) is 1.76. The van der Waals surface area contributed by atoms with Crippen LogP contribution in [0.15, 0.2) is 18.2 Å². The van der Waals surface area contributed by atoms with Crippen molar-refractivity contribution in [2.24, 2.45) is 5.73 Å². The van der Waals surface area contributed by atoms with Crippen LogP contribution in [-0.4, -0.2) is 32.7 Å². The van der Waals surface area contributed by atoms with Gasteiger partial charge in [-0.05, 0) is 37.5 Å².